The van der Waals surface area contributed by atoms with E-state index in [-0.39, 0.29) is 12.0 Å². The van der Waals surface area contributed by atoms with Crippen molar-refractivity contribution in [3.05, 3.63) is 33.6 Å². The van der Waals surface area contributed by atoms with Crippen LogP contribution >= 0.6 is 22.9 Å². The lowest BCUT2D eigenvalue weighted by Gasteiger charge is -2.13. The van der Waals surface area contributed by atoms with Crippen LogP contribution in [0.15, 0.2) is 23.7 Å². The number of nitrogen functional groups attached to an aromatic ring is 1. The molecule has 0 amide bonds. The average Bonchev–Trinajstić information content (AvgIpc) is 2.76. The van der Waals surface area contributed by atoms with Crippen LogP contribution in [0.25, 0.3) is 0 Å². The molecule has 0 bridgehead atoms. The minimum atomic E-state index is 0.145. The summed E-state index contributed by atoms with van der Waals surface area (Å²) < 4.78 is 0. The van der Waals surface area contributed by atoms with Gasteiger partial charge in [-0.1, -0.05) is 17.7 Å². The number of halogens is 1. The molecule has 2 aromatic rings. The second kappa shape index (κ2) is 4.67. The number of hydrogen-bond donors (Lipinski definition) is 2. The van der Waals surface area contributed by atoms with Crippen molar-refractivity contribution in [2.24, 2.45) is 0 Å². The van der Waals surface area contributed by atoms with Crippen LogP contribution in [0.3, 0.4) is 0 Å². The van der Waals surface area contributed by atoms with Crippen LogP contribution in [0.1, 0.15) is 17.8 Å². The fourth-order valence-electron chi connectivity index (χ4n) is 1.30. The van der Waals surface area contributed by atoms with Gasteiger partial charge < -0.3 is 11.1 Å². The summed E-state index contributed by atoms with van der Waals surface area (Å²) in [6.45, 7) is 2.04. The summed E-state index contributed by atoms with van der Waals surface area (Å²) in [5.74, 6) is 0.778. The van der Waals surface area contributed by atoms with E-state index in [0.29, 0.717) is 10.8 Å². The quantitative estimate of drug-likeness (QED) is 0.884. The van der Waals surface area contributed by atoms with Crippen molar-refractivity contribution >= 4 is 34.7 Å². The SMILES string of the molecule is CC(Nc1nc(N)ncc1Cl)c1cccs1. The van der Waals surface area contributed by atoms with Gasteiger partial charge in [-0.05, 0) is 18.4 Å². The Morgan fingerprint density at radius 1 is 1.56 bits per heavy atom. The Bertz CT molecular complexity index is 472. The zero-order valence-corrected chi connectivity index (χ0v) is 10.2. The normalized spacial score (nSPS) is 12.4. The molecule has 0 radical (unpaired) electrons. The van der Waals surface area contributed by atoms with Gasteiger partial charge >= 0.3 is 0 Å². The van der Waals surface area contributed by atoms with Crippen molar-refractivity contribution in [1.82, 2.24) is 9.97 Å². The van der Waals surface area contributed by atoms with E-state index in [9.17, 15) is 0 Å². The van der Waals surface area contributed by atoms with Crippen LogP contribution in [0, 0.1) is 0 Å². The number of nitrogens with zero attached hydrogens (tertiary/aromatic N) is 2. The second-order valence-corrected chi connectivity index (χ2v) is 4.69. The molecule has 6 heteroatoms. The van der Waals surface area contributed by atoms with Gasteiger partial charge in [0.2, 0.25) is 5.95 Å². The molecule has 2 aromatic heterocycles. The Morgan fingerprint density at radius 2 is 2.38 bits per heavy atom. The first-order chi connectivity index (χ1) is 7.66. The van der Waals surface area contributed by atoms with Gasteiger partial charge in [0, 0.05) is 4.88 Å². The summed E-state index contributed by atoms with van der Waals surface area (Å²) in [5, 5.41) is 5.70. The van der Waals surface area contributed by atoms with Gasteiger partial charge in [-0.15, -0.1) is 11.3 Å². The van der Waals surface area contributed by atoms with E-state index in [1.54, 1.807) is 11.3 Å². The maximum atomic E-state index is 5.96. The molecule has 2 rings (SSSR count). The van der Waals surface area contributed by atoms with E-state index in [0.717, 1.165) is 0 Å². The third kappa shape index (κ3) is 2.43. The molecular weight excluding hydrogens is 244 g/mol. The molecule has 0 aromatic carbocycles. The standard InChI is InChI=1S/C10H11ClN4S/c1-6(8-3-2-4-16-8)14-9-7(11)5-13-10(12)15-9/h2-6H,1H3,(H3,12,13,14,15). The molecule has 1 atom stereocenters. The molecule has 0 aliphatic carbocycles. The summed E-state index contributed by atoms with van der Waals surface area (Å²) in [5.41, 5.74) is 5.50. The lowest BCUT2D eigenvalue weighted by molar-refractivity contribution is 0.894. The van der Waals surface area contributed by atoms with Gasteiger partial charge in [0.1, 0.15) is 5.02 Å². The summed E-state index contributed by atoms with van der Waals surface area (Å²) >= 11 is 7.64. The largest absolute Gasteiger partial charge is 0.368 e. The Morgan fingerprint density at radius 3 is 3.06 bits per heavy atom. The number of nitrogens with one attached hydrogen (secondary N) is 1. The Hall–Kier alpha value is -1.33. The van der Waals surface area contributed by atoms with Crippen LogP contribution in [0.5, 0.6) is 0 Å². The van der Waals surface area contributed by atoms with E-state index in [4.69, 9.17) is 17.3 Å². The molecule has 0 fully saturated rings. The van der Waals surface area contributed by atoms with Gasteiger partial charge in [0.25, 0.3) is 0 Å². The molecule has 1 unspecified atom stereocenters. The van der Waals surface area contributed by atoms with Crippen molar-refractivity contribution in [3.63, 3.8) is 0 Å². The summed E-state index contributed by atoms with van der Waals surface area (Å²) in [6.07, 6.45) is 1.49. The molecule has 16 heavy (non-hydrogen) atoms. The number of nitrogens with two attached hydrogens (primary N) is 1. The first-order valence-corrected chi connectivity index (χ1v) is 6.00. The third-order valence-corrected chi connectivity index (χ3v) is 3.42. The molecule has 2 heterocycles. The van der Waals surface area contributed by atoms with Crippen LogP contribution in [0.2, 0.25) is 5.02 Å². The lowest BCUT2D eigenvalue weighted by Crippen LogP contribution is -2.08. The number of anilines is 2. The highest BCUT2D eigenvalue weighted by Gasteiger charge is 2.10. The monoisotopic (exact) mass is 254 g/mol. The topological polar surface area (TPSA) is 63.8 Å². The number of thiophene rings is 1. The zero-order chi connectivity index (χ0) is 11.5. The number of aromatic nitrogens is 2. The first-order valence-electron chi connectivity index (χ1n) is 4.75. The van der Waals surface area contributed by atoms with Crippen molar-refractivity contribution < 1.29 is 0 Å². The molecule has 0 aliphatic rings. The third-order valence-electron chi connectivity index (χ3n) is 2.09. The fourth-order valence-corrected chi connectivity index (χ4v) is 2.18. The highest BCUT2D eigenvalue weighted by Crippen LogP contribution is 2.26. The van der Waals surface area contributed by atoms with Gasteiger partial charge in [0.05, 0.1) is 12.2 Å². The first kappa shape index (κ1) is 11.2. The van der Waals surface area contributed by atoms with E-state index in [1.807, 2.05) is 18.4 Å². The number of rotatable bonds is 3. The predicted molar refractivity (Wildman–Crippen MR) is 67.8 cm³/mol. The van der Waals surface area contributed by atoms with Crippen LogP contribution < -0.4 is 11.1 Å². The minimum absolute atomic E-state index is 0.145. The van der Waals surface area contributed by atoms with Crippen LogP contribution in [-0.2, 0) is 0 Å². The zero-order valence-electron chi connectivity index (χ0n) is 8.64. The molecule has 0 saturated carbocycles. The van der Waals surface area contributed by atoms with Crippen molar-refractivity contribution in [3.8, 4) is 0 Å². The molecule has 3 N–H and O–H groups in total. The maximum absolute atomic E-state index is 5.96. The highest BCUT2D eigenvalue weighted by molar-refractivity contribution is 7.10. The minimum Gasteiger partial charge on any atom is -0.368 e. The summed E-state index contributed by atoms with van der Waals surface area (Å²) in [7, 11) is 0. The molecule has 84 valence electrons. The van der Waals surface area contributed by atoms with Crippen molar-refractivity contribution in [2.75, 3.05) is 11.1 Å². The fraction of sp³-hybridized carbons (Fsp3) is 0.200. The van der Waals surface area contributed by atoms with E-state index in [1.165, 1.54) is 11.1 Å². The van der Waals surface area contributed by atoms with Crippen LogP contribution in [0.4, 0.5) is 11.8 Å². The second-order valence-electron chi connectivity index (χ2n) is 3.31. The molecule has 0 spiro atoms. The van der Waals surface area contributed by atoms with E-state index in [2.05, 4.69) is 21.4 Å². The summed E-state index contributed by atoms with van der Waals surface area (Å²) in [4.78, 5) is 9.07. The molecule has 0 saturated heterocycles. The molecule has 4 nitrogen and oxygen atoms in total. The summed E-state index contributed by atoms with van der Waals surface area (Å²) in [6, 6.07) is 4.21. The number of hydrogen-bond acceptors (Lipinski definition) is 5. The Kier molecular flexibility index (Phi) is 3.26. The lowest BCUT2D eigenvalue weighted by atomic mass is 10.3. The van der Waals surface area contributed by atoms with Crippen molar-refractivity contribution in [2.45, 2.75) is 13.0 Å². The van der Waals surface area contributed by atoms with Crippen molar-refractivity contribution in [1.29, 1.82) is 0 Å². The Balaban J connectivity index is 2.17. The predicted octanol–water partition coefficient (Wildman–Crippen LogP) is 2.95. The van der Waals surface area contributed by atoms with E-state index >= 15 is 0 Å². The molecule has 0 aliphatic heterocycles. The Labute approximate surface area is 102 Å². The van der Waals surface area contributed by atoms with Gasteiger partial charge in [0.15, 0.2) is 5.82 Å². The van der Waals surface area contributed by atoms with Crippen LogP contribution in [-0.4, -0.2) is 9.97 Å². The highest BCUT2D eigenvalue weighted by atomic mass is 35.5. The van der Waals surface area contributed by atoms with Gasteiger partial charge in [-0.2, -0.15) is 4.98 Å². The smallest absolute Gasteiger partial charge is 0.222 e. The average molecular weight is 255 g/mol. The molecular formula is C10H11ClN4S. The van der Waals surface area contributed by atoms with E-state index < -0.39 is 0 Å². The van der Waals surface area contributed by atoms with Gasteiger partial charge in [-0.3, -0.25) is 0 Å². The van der Waals surface area contributed by atoms with Gasteiger partial charge in [-0.25, -0.2) is 4.98 Å². The maximum Gasteiger partial charge on any atom is 0.222 e.